The van der Waals surface area contributed by atoms with Crippen LogP contribution in [0.5, 0.6) is 5.75 Å². The predicted octanol–water partition coefficient (Wildman–Crippen LogP) is 4.98. The van der Waals surface area contributed by atoms with Crippen molar-refractivity contribution in [3.05, 3.63) is 105 Å². The summed E-state index contributed by atoms with van der Waals surface area (Å²) in [7, 11) is 0. The Hall–Kier alpha value is -4.66. The molecule has 8 nitrogen and oxygen atoms in total. The van der Waals surface area contributed by atoms with E-state index in [2.05, 4.69) is 43.9 Å². The Morgan fingerprint density at radius 2 is 1.92 bits per heavy atom. The number of anilines is 1. The van der Waals surface area contributed by atoms with Crippen molar-refractivity contribution in [1.29, 1.82) is 0 Å². The number of hydrogen-bond acceptors (Lipinski definition) is 6. The van der Waals surface area contributed by atoms with Crippen molar-refractivity contribution < 1.29 is 13.7 Å². The van der Waals surface area contributed by atoms with Crippen molar-refractivity contribution in [2.45, 2.75) is 26.5 Å². The molecule has 0 aliphatic carbocycles. The number of aromatic amines is 1. The highest BCUT2D eigenvalue weighted by Gasteiger charge is 2.25. The first kappa shape index (κ1) is 22.5. The third-order valence-electron chi connectivity index (χ3n) is 7.32. The second kappa shape index (κ2) is 8.72. The summed E-state index contributed by atoms with van der Waals surface area (Å²) < 4.78 is 27.3. The Morgan fingerprint density at radius 1 is 1.08 bits per heavy atom. The topological polar surface area (TPSA) is 89.2 Å². The summed E-state index contributed by atoms with van der Waals surface area (Å²) in [5.74, 6) is 0.723. The minimum atomic E-state index is -0.634. The van der Waals surface area contributed by atoms with Crippen molar-refractivity contribution in [1.82, 2.24) is 19.7 Å². The number of H-pyrrole nitrogens is 1. The molecule has 3 aromatic carbocycles. The number of nitrogens with zero attached hydrogens (tertiary/aromatic N) is 4. The number of ether oxygens (including phenoxy) is 1. The highest BCUT2D eigenvalue weighted by molar-refractivity contribution is 5.99. The zero-order valence-corrected chi connectivity index (χ0v) is 20.7. The number of para-hydroxylation sites is 2. The molecule has 0 amide bonds. The van der Waals surface area contributed by atoms with Crippen LogP contribution >= 0.6 is 0 Å². The lowest BCUT2D eigenvalue weighted by atomic mass is 9.89. The molecular weight excluding hydrogens is 485 g/mol. The minimum Gasteiger partial charge on any atom is -0.488 e. The highest BCUT2D eigenvalue weighted by Crippen LogP contribution is 2.41. The summed E-state index contributed by atoms with van der Waals surface area (Å²) in [5.41, 5.74) is 7.28. The van der Waals surface area contributed by atoms with Gasteiger partial charge in [0, 0.05) is 30.3 Å². The van der Waals surface area contributed by atoms with Gasteiger partial charge in [0.25, 0.3) is 0 Å². The normalized spacial score (nSPS) is 15.9. The number of allylic oxidation sites excluding steroid dienone is 1. The van der Waals surface area contributed by atoms with E-state index in [9.17, 15) is 9.18 Å². The molecule has 4 heterocycles. The zero-order valence-electron chi connectivity index (χ0n) is 20.7. The van der Waals surface area contributed by atoms with Crippen LogP contribution in [0, 0.1) is 5.82 Å². The molecule has 1 fully saturated rings. The first-order valence-electron chi connectivity index (χ1n) is 12.6. The van der Waals surface area contributed by atoms with Gasteiger partial charge in [0.2, 0.25) is 5.95 Å². The largest absolute Gasteiger partial charge is 0.488 e. The molecule has 9 heteroatoms. The fraction of sp³-hybridized carbons (Fsp3) is 0.207. The van der Waals surface area contributed by atoms with Crippen molar-refractivity contribution >= 4 is 28.1 Å². The van der Waals surface area contributed by atoms with Crippen LogP contribution in [0.1, 0.15) is 41.4 Å². The van der Waals surface area contributed by atoms with Gasteiger partial charge in [-0.3, -0.25) is 9.51 Å². The van der Waals surface area contributed by atoms with E-state index < -0.39 is 5.76 Å². The molecule has 5 aromatic rings. The molecule has 0 atom stereocenters. The van der Waals surface area contributed by atoms with Crippen LogP contribution in [-0.4, -0.2) is 32.8 Å². The average Bonchev–Trinajstić information content (AvgIpc) is 3.43. The molecule has 7 rings (SSSR count). The molecule has 1 saturated heterocycles. The summed E-state index contributed by atoms with van der Waals surface area (Å²) in [6.07, 6.45) is 1.17. The Labute approximate surface area is 217 Å². The van der Waals surface area contributed by atoms with E-state index in [0.717, 1.165) is 57.9 Å². The predicted molar refractivity (Wildman–Crippen MR) is 142 cm³/mol. The number of benzene rings is 3. The van der Waals surface area contributed by atoms with Gasteiger partial charge in [0.05, 0.1) is 17.6 Å². The first-order valence-corrected chi connectivity index (χ1v) is 12.6. The summed E-state index contributed by atoms with van der Waals surface area (Å²) in [6.45, 7) is 4.79. The molecule has 190 valence electrons. The maximum atomic E-state index is 14.2. The number of aromatic nitrogens is 4. The zero-order chi connectivity index (χ0) is 25.8. The van der Waals surface area contributed by atoms with Gasteiger partial charge >= 0.3 is 5.76 Å². The van der Waals surface area contributed by atoms with Crippen LogP contribution in [-0.2, 0) is 13.2 Å². The lowest BCUT2D eigenvalue weighted by molar-refractivity contribution is 0.305. The molecule has 0 unspecified atom stereocenters. The quantitative estimate of drug-likeness (QED) is 0.368. The van der Waals surface area contributed by atoms with Crippen LogP contribution in [0.2, 0.25) is 0 Å². The molecule has 1 N–H and O–H groups in total. The average molecular weight is 510 g/mol. The third-order valence-corrected chi connectivity index (χ3v) is 7.32. The third kappa shape index (κ3) is 3.70. The SMILES string of the molecule is C/C(=C1\c2ccc(Cn3c(N4CCC4)nc4ccccc43)cc2COc2cc(F)ccc21)c1noc(=O)[nH]1. The second-order valence-electron chi connectivity index (χ2n) is 9.69. The van der Waals surface area contributed by atoms with Crippen LogP contribution in [0.4, 0.5) is 10.3 Å². The van der Waals surface area contributed by atoms with E-state index in [1.807, 2.05) is 25.1 Å². The summed E-state index contributed by atoms with van der Waals surface area (Å²) in [5, 5.41) is 3.89. The standard InChI is InChI=1S/C29H24FN5O3/c1-17(27-32-29(36)38-33-27)26-21-9-7-18(13-19(21)16-37-25-14-20(30)8-10-22(25)26)15-35-24-6-3-2-5-23(24)31-28(35)34-11-4-12-34/h2-3,5-10,13-14H,4,11-12,15-16H2,1H3,(H,32,33,36)/b26-17-. The molecule has 38 heavy (non-hydrogen) atoms. The smallest absolute Gasteiger partial charge is 0.439 e. The van der Waals surface area contributed by atoms with E-state index in [1.54, 1.807) is 6.07 Å². The van der Waals surface area contributed by atoms with Crippen LogP contribution in [0.3, 0.4) is 0 Å². The lowest BCUT2D eigenvalue weighted by Crippen LogP contribution is -2.39. The number of imidazole rings is 1. The van der Waals surface area contributed by atoms with Gasteiger partial charge in [-0.2, -0.15) is 0 Å². The van der Waals surface area contributed by atoms with Crippen molar-refractivity contribution in [3.63, 3.8) is 0 Å². The van der Waals surface area contributed by atoms with Gasteiger partial charge in [-0.25, -0.2) is 14.2 Å². The maximum Gasteiger partial charge on any atom is 0.439 e. The Balaban J connectivity index is 1.35. The summed E-state index contributed by atoms with van der Waals surface area (Å²) in [6, 6.07) is 19.0. The van der Waals surface area contributed by atoms with Gasteiger partial charge in [-0.1, -0.05) is 29.4 Å². The maximum absolute atomic E-state index is 14.2. The number of hydrogen-bond donors (Lipinski definition) is 1. The number of halogens is 1. The van der Waals surface area contributed by atoms with Crippen LogP contribution in [0.25, 0.3) is 22.2 Å². The van der Waals surface area contributed by atoms with E-state index >= 15 is 0 Å². The van der Waals surface area contributed by atoms with E-state index in [0.29, 0.717) is 23.7 Å². The lowest BCUT2D eigenvalue weighted by Gasteiger charge is -2.32. The Kier molecular flexibility index (Phi) is 5.17. The van der Waals surface area contributed by atoms with E-state index in [1.165, 1.54) is 18.6 Å². The van der Waals surface area contributed by atoms with Crippen LogP contribution < -0.4 is 15.4 Å². The Bertz CT molecular complexity index is 1790. The van der Waals surface area contributed by atoms with Crippen molar-refractivity contribution in [2.75, 3.05) is 18.0 Å². The van der Waals surface area contributed by atoms with Gasteiger partial charge in [-0.05, 0) is 65.9 Å². The number of nitrogens with one attached hydrogen (secondary N) is 1. The molecule has 0 spiro atoms. The first-order chi connectivity index (χ1) is 18.5. The Morgan fingerprint density at radius 3 is 2.71 bits per heavy atom. The molecule has 2 aromatic heterocycles. The molecule has 2 aliphatic rings. The van der Waals surface area contributed by atoms with E-state index in [-0.39, 0.29) is 12.4 Å². The number of rotatable bonds is 4. The fourth-order valence-electron chi connectivity index (χ4n) is 5.30. The van der Waals surface area contributed by atoms with Gasteiger partial charge in [-0.15, -0.1) is 0 Å². The summed E-state index contributed by atoms with van der Waals surface area (Å²) in [4.78, 5) is 21.5. The fourth-order valence-corrected chi connectivity index (χ4v) is 5.30. The van der Waals surface area contributed by atoms with E-state index in [4.69, 9.17) is 14.2 Å². The molecule has 0 radical (unpaired) electrons. The van der Waals surface area contributed by atoms with Crippen LogP contribution in [0.15, 0.2) is 70.0 Å². The highest BCUT2D eigenvalue weighted by atomic mass is 19.1. The van der Waals surface area contributed by atoms with Gasteiger partial charge in [0.1, 0.15) is 18.2 Å². The molecule has 0 saturated carbocycles. The van der Waals surface area contributed by atoms with Gasteiger partial charge in [0.15, 0.2) is 5.82 Å². The second-order valence-corrected chi connectivity index (χ2v) is 9.69. The van der Waals surface area contributed by atoms with Crippen molar-refractivity contribution in [2.24, 2.45) is 0 Å². The molecule has 0 bridgehead atoms. The molecule has 2 aliphatic heterocycles. The van der Waals surface area contributed by atoms with Crippen molar-refractivity contribution in [3.8, 4) is 5.75 Å². The number of fused-ring (bicyclic) bond motifs is 3. The minimum absolute atomic E-state index is 0.273. The van der Waals surface area contributed by atoms with Gasteiger partial charge < -0.3 is 14.2 Å². The monoisotopic (exact) mass is 509 g/mol. The summed E-state index contributed by atoms with van der Waals surface area (Å²) >= 11 is 0. The molecular formula is C29H24FN5O3.